The van der Waals surface area contributed by atoms with Crippen LogP contribution in [0.5, 0.6) is 5.75 Å². The Morgan fingerprint density at radius 2 is 1.64 bits per heavy atom. The van der Waals surface area contributed by atoms with Gasteiger partial charge in [0.2, 0.25) is 12.2 Å². The summed E-state index contributed by atoms with van der Waals surface area (Å²) in [5.74, 6) is -1.29. The average molecular weight is 629 g/mol. The van der Waals surface area contributed by atoms with Gasteiger partial charge in [0.05, 0.1) is 16.3 Å². The second-order valence-electron chi connectivity index (χ2n) is 12.0. The molecule has 4 aliphatic rings. The monoisotopic (exact) mass is 628 g/mol. The lowest BCUT2D eigenvalue weighted by Gasteiger charge is -2.34. The van der Waals surface area contributed by atoms with Gasteiger partial charge in [0.25, 0.3) is 0 Å². The van der Waals surface area contributed by atoms with E-state index in [-0.39, 0.29) is 5.91 Å². The number of fused-ring (bicyclic) bond motifs is 2. The van der Waals surface area contributed by atoms with Crippen molar-refractivity contribution in [1.29, 1.82) is 0 Å². The first-order chi connectivity index (χ1) is 21.8. The molecule has 4 aliphatic heterocycles. The Labute approximate surface area is 264 Å². The maximum Gasteiger partial charge on any atom is 0.442 e. The zero-order chi connectivity index (χ0) is 31.1. The molecule has 3 fully saturated rings. The van der Waals surface area contributed by atoms with E-state index in [0.29, 0.717) is 41.5 Å². The summed E-state index contributed by atoms with van der Waals surface area (Å²) >= 11 is 0. The molecule has 0 radical (unpaired) electrons. The summed E-state index contributed by atoms with van der Waals surface area (Å²) in [6, 6.07) is 21.2. The summed E-state index contributed by atoms with van der Waals surface area (Å²) < 4.78 is 17.6. The predicted molar refractivity (Wildman–Crippen MR) is 170 cm³/mol. The van der Waals surface area contributed by atoms with Gasteiger partial charge in [-0.05, 0) is 91.9 Å². The van der Waals surface area contributed by atoms with Crippen LogP contribution in [-0.4, -0.2) is 65.2 Å². The van der Waals surface area contributed by atoms with Crippen molar-refractivity contribution >= 4 is 38.9 Å². The molecule has 234 valence electrons. The molecular formula is C35H36N2O7S. The first-order valence-electron chi connectivity index (χ1n) is 15.5. The minimum absolute atomic E-state index is 0.197. The number of benzene rings is 3. The van der Waals surface area contributed by atoms with Gasteiger partial charge in [-0.1, -0.05) is 47.0 Å². The fraction of sp³-hybridized carbons (Fsp3) is 0.343. The van der Waals surface area contributed by atoms with Gasteiger partial charge in [-0.2, -0.15) is 0 Å². The molecule has 9 nitrogen and oxygen atoms in total. The first-order valence-corrected chi connectivity index (χ1v) is 17.0. The number of aliphatic hydroxyl groups is 1. The van der Waals surface area contributed by atoms with Gasteiger partial charge in [0, 0.05) is 37.1 Å². The molecule has 0 aromatic heterocycles. The fourth-order valence-electron chi connectivity index (χ4n) is 6.71. The summed E-state index contributed by atoms with van der Waals surface area (Å²) in [4.78, 5) is 42.8. The smallest absolute Gasteiger partial charge is 0.442 e. The second kappa shape index (κ2) is 12.0. The quantitative estimate of drug-likeness (QED) is 0.257. The molecule has 3 aromatic rings. The van der Waals surface area contributed by atoms with E-state index in [1.54, 1.807) is 12.1 Å². The Hall–Kier alpha value is -4.12. The van der Waals surface area contributed by atoms with Gasteiger partial charge in [-0.25, -0.2) is 9.59 Å². The van der Waals surface area contributed by atoms with Crippen molar-refractivity contribution < 1.29 is 32.6 Å². The van der Waals surface area contributed by atoms with Crippen molar-refractivity contribution in [1.82, 2.24) is 9.80 Å². The highest BCUT2D eigenvalue weighted by molar-refractivity contribution is 8.35. The third-order valence-corrected chi connectivity index (χ3v) is 11.6. The molecule has 0 bridgehead atoms. The summed E-state index contributed by atoms with van der Waals surface area (Å²) in [6.45, 7) is 5.80. The van der Waals surface area contributed by atoms with E-state index in [2.05, 4.69) is 30.0 Å². The highest BCUT2D eigenvalue weighted by atomic mass is 32.3. The number of allylic oxidation sites excluding steroid dienone is 1. The van der Waals surface area contributed by atoms with Crippen LogP contribution in [0, 0.1) is 6.92 Å². The summed E-state index contributed by atoms with van der Waals surface area (Å²) in [6.07, 6.45) is 3.32. The van der Waals surface area contributed by atoms with Gasteiger partial charge in [0.1, 0.15) is 5.75 Å². The number of hydrogen-bond donors (Lipinski definition) is 1. The Bertz CT molecular complexity index is 1680. The van der Waals surface area contributed by atoms with Crippen LogP contribution in [0.2, 0.25) is 0 Å². The van der Waals surface area contributed by atoms with Crippen molar-refractivity contribution in [2.24, 2.45) is 0 Å². The second-order valence-corrected chi connectivity index (χ2v) is 14.2. The van der Waals surface area contributed by atoms with Crippen molar-refractivity contribution in [2.45, 2.75) is 56.8 Å². The largest absolute Gasteiger partial charge is 0.464 e. The Kier molecular flexibility index (Phi) is 7.89. The molecule has 1 spiro atoms. The Morgan fingerprint density at radius 3 is 2.33 bits per heavy atom. The summed E-state index contributed by atoms with van der Waals surface area (Å²) in [7, 11) is -2.90. The van der Waals surface area contributed by atoms with E-state index in [1.165, 1.54) is 0 Å². The highest BCUT2D eigenvalue weighted by Gasteiger charge is 2.52. The van der Waals surface area contributed by atoms with E-state index < -0.39 is 28.8 Å². The SMILES string of the molecule is Cc1cc(CC2=C(c3ccc(OC(O)CN4CCCC4)cc3)S3(OC(=O)C(=O)O3)c3ccccc32)ccc1CN1CCCC1=O. The van der Waals surface area contributed by atoms with Crippen LogP contribution >= 0.6 is 10.6 Å². The van der Waals surface area contributed by atoms with Crippen LogP contribution in [0.1, 0.15) is 53.5 Å². The number of aryl methyl sites for hydroxylation is 1. The maximum atomic E-state index is 12.6. The van der Waals surface area contributed by atoms with E-state index in [0.717, 1.165) is 72.3 Å². The highest BCUT2D eigenvalue weighted by Crippen LogP contribution is 2.76. The van der Waals surface area contributed by atoms with E-state index >= 15 is 0 Å². The molecule has 3 aromatic carbocycles. The van der Waals surface area contributed by atoms with Crippen molar-refractivity contribution in [3.8, 4) is 5.75 Å². The Morgan fingerprint density at radius 1 is 0.911 bits per heavy atom. The zero-order valence-electron chi connectivity index (χ0n) is 25.2. The summed E-state index contributed by atoms with van der Waals surface area (Å²) in [5, 5.41) is 10.5. The number of likely N-dealkylation sites (tertiary alicyclic amines) is 2. The fourth-order valence-corrected chi connectivity index (χ4v) is 9.57. The number of carbonyl (C=O) groups excluding carboxylic acids is 3. The number of rotatable bonds is 9. The van der Waals surface area contributed by atoms with Crippen molar-refractivity contribution in [3.05, 3.63) is 94.5 Å². The van der Waals surface area contributed by atoms with Gasteiger partial charge in [-0.15, -0.1) is 0 Å². The standard InChI is InChI=1S/C35H36N2O7S/c1-23-19-24(10-11-26(23)21-37-18-6-9-31(37)38)20-29-28-7-2-3-8-30(28)45(43-34(40)35(41)44-45)33(29)25-12-14-27(15-13-25)42-32(39)22-36-16-4-5-17-36/h2-3,7-8,10-15,19,32,39H,4-6,9,16-18,20-22H2,1H3. The van der Waals surface area contributed by atoms with E-state index in [4.69, 9.17) is 13.1 Å². The number of ether oxygens (including phenoxy) is 1. The number of aliphatic hydroxyl groups excluding tert-OH is 1. The number of β-amino-alcohol motifs (C(OH)–C–C–N with tert-alkyl or cyclic N) is 1. The van der Waals surface area contributed by atoms with Gasteiger partial charge in [-0.3, -0.25) is 9.69 Å². The topological polar surface area (TPSA) is 106 Å². The number of nitrogens with zero attached hydrogens (tertiary/aromatic N) is 2. The lowest BCUT2D eigenvalue weighted by molar-refractivity contribution is -0.150. The molecule has 1 amide bonds. The van der Waals surface area contributed by atoms with Crippen LogP contribution in [0.3, 0.4) is 0 Å². The van der Waals surface area contributed by atoms with Gasteiger partial charge >= 0.3 is 11.9 Å². The summed E-state index contributed by atoms with van der Waals surface area (Å²) in [5.41, 5.74) is 5.77. The lowest BCUT2D eigenvalue weighted by Crippen LogP contribution is -2.33. The zero-order valence-corrected chi connectivity index (χ0v) is 26.0. The molecular weight excluding hydrogens is 592 g/mol. The molecule has 45 heavy (non-hydrogen) atoms. The lowest BCUT2D eigenvalue weighted by atomic mass is 9.94. The van der Waals surface area contributed by atoms with Crippen LogP contribution in [-0.2, 0) is 35.7 Å². The molecule has 0 saturated carbocycles. The molecule has 0 aliphatic carbocycles. The van der Waals surface area contributed by atoms with E-state index in [9.17, 15) is 19.5 Å². The molecule has 1 N–H and O–H groups in total. The maximum absolute atomic E-state index is 12.6. The van der Waals surface area contributed by atoms with Crippen LogP contribution in [0.15, 0.2) is 71.6 Å². The molecule has 1 atom stereocenters. The third kappa shape index (κ3) is 5.62. The van der Waals surface area contributed by atoms with Crippen LogP contribution < -0.4 is 4.74 Å². The predicted octanol–water partition coefficient (Wildman–Crippen LogP) is 5.13. The van der Waals surface area contributed by atoms with E-state index in [1.807, 2.05) is 41.3 Å². The molecule has 10 heteroatoms. The molecule has 3 saturated heterocycles. The normalized spacial score (nSPS) is 20.5. The van der Waals surface area contributed by atoms with Gasteiger partial charge in [0.15, 0.2) is 0 Å². The average Bonchev–Trinajstić information content (AvgIpc) is 3.80. The molecule has 4 heterocycles. The minimum atomic E-state index is -2.90. The third-order valence-electron chi connectivity index (χ3n) is 8.92. The number of amides is 1. The van der Waals surface area contributed by atoms with Crippen molar-refractivity contribution in [3.63, 3.8) is 0 Å². The van der Waals surface area contributed by atoms with Crippen molar-refractivity contribution in [2.75, 3.05) is 26.2 Å². The van der Waals surface area contributed by atoms with Gasteiger partial charge < -0.3 is 23.1 Å². The van der Waals surface area contributed by atoms with Crippen LogP contribution in [0.4, 0.5) is 0 Å². The molecule has 7 rings (SSSR count). The molecule has 1 unspecified atom stereocenters. The Balaban J connectivity index is 1.23. The number of carbonyl (C=O) groups is 3. The minimum Gasteiger partial charge on any atom is -0.464 e. The van der Waals surface area contributed by atoms with Crippen LogP contribution in [0.25, 0.3) is 10.5 Å². The first kappa shape index (κ1) is 29.6. The number of hydrogen-bond acceptors (Lipinski definition) is 8.